The van der Waals surface area contributed by atoms with E-state index >= 15 is 0 Å². The summed E-state index contributed by atoms with van der Waals surface area (Å²) in [7, 11) is -1.05. The van der Waals surface area contributed by atoms with Crippen LogP contribution in [0.4, 0.5) is 5.69 Å². The maximum Gasteiger partial charge on any atom is 0.211 e. The van der Waals surface area contributed by atoms with Crippen molar-refractivity contribution in [2.24, 2.45) is 0 Å². The van der Waals surface area contributed by atoms with Crippen LogP contribution in [0.2, 0.25) is 0 Å². The summed E-state index contributed by atoms with van der Waals surface area (Å²) in [6, 6.07) is 10.1. The molecule has 0 saturated heterocycles. The topological polar surface area (TPSA) is 49.4 Å². The highest BCUT2D eigenvalue weighted by atomic mass is 32.2. The summed E-state index contributed by atoms with van der Waals surface area (Å²) < 4.78 is 25.5. The van der Waals surface area contributed by atoms with Crippen molar-refractivity contribution < 1.29 is 8.42 Å². The molecule has 1 N–H and O–H groups in total. The highest BCUT2D eigenvalue weighted by Crippen LogP contribution is 2.10. The lowest BCUT2D eigenvalue weighted by Gasteiger charge is -2.19. The number of hydrogen-bond donors (Lipinski definition) is 1. The average molecular weight is 270 g/mol. The van der Waals surface area contributed by atoms with Crippen LogP contribution in [0.25, 0.3) is 0 Å². The van der Waals surface area contributed by atoms with Crippen molar-refractivity contribution in [3.05, 3.63) is 30.3 Å². The molecular weight excluding hydrogens is 248 g/mol. The van der Waals surface area contributed by atoms with E-state index in [1.807, 2.05) is 44.3 Å². The number of nitrogens with zero attached hydrogens (tertiary/aromatic N) is 1. The first-order valence-electron chi connectivity index (χ1n) is 6.28. The Kier molecular flexibility index (Phi) is 6.15. The average Bonchev–Trinajstić information content (AvgIpc) is 2.35. The molecule has 0 fully saturated rings. The van der Waals surface area contributed by atoms with Gasteiger partial charge in [-0.2, -0.15) is 0 Å². The molecule has 0 aromatic heterocycles. The SMILES string of the molecule is CCCS(=O)(=O)NCCCN(C)c1ccccc1. The third-order valence-corrected chi connectivity index (χ3v) is 4.25. The van der Waals surface area contributed by atoms with Gasteiger partial charge in [0.15, 0.2) is 0 Å². The van der Waals surface area contributed by atoms with Crippen LogP contribution < -0.4 is 9.62 Å². The Balaban J connectivity index is 2.27. The highest BCUT2D eigenvalue weighted by molar-refractivity contribution is 7.89. The lowest BCUT2D eigenvalue weighted by molar-refractivity contribution is 0.577. The maximum atomic E-state index is 11.4. The van der Waals surface area contributed by atoms with E-state index in [1.54, 1.807) is 0 Å². The zero-order valence-corrected chi connectivity index (χ0v) is 11.9. The standard InChI is InChI=1S/C13H22N2O2S/c1-3-12-18(16,17)14-10-7-11-15(2)13-8-5-4-6-9-13/h4-6,8-9,14H,3,7,10-12H2,1-2H3. The second kappa shape index (κ2) is 7.38. The van der Waals surface area contributed by atoms with Crippen molar-refractivity contribution in [3.8, 4) is 0 Å². The van der Waals surface area contributed by atoms with Crippen molar-refractivity contribution in [1.82, 2.24) is 4.72 Å². The lowest BCUT2D eigenvalue weighted by Crippen LogP contribution is -2.29. The van der Waals surface area contributed by atoms with Crippen LogP contribution in [0.3, 0.4) is 0 Å². The van der Waals surface area contributed by atoms with E-state index in [0.717, 1.165) is 18.7 Å². The Bertz CT molecular complexity index is 432. The molecular formula is C13H22N2O2S. The van der Waals surface area contributed by atoms with Crippen LogP contribution in [-0.2, 0) is 10.0 Å². The summed E-state index contributed by atoms with van der Waals surface area (Å²) in [5.74, 6) is 0.210. The number of sulfonamides is 1. The largest absolute Gasteiger partial charge is 0.375 e. The van der Waals surface area contributed by atoms with Crippen LogP contribution in [0, 0.1) is 0 Å². The lowest BCUT2D eigenvalue weighted by atomic mass is 10.3. The van der Waals surface area contributed by atoms with Crippen molar-refractivity contribution in [2.75, 3.05) is 30.8 Å². The molecule has 0 amide bonds. The summed E-state index contributed by atoms with van der Waals surface area (Å²) in [5.41, 5.74) is 1.15. The van der Waals surface area contributed by atoms with Gasteiger partial charge < -0.3 is 4.90 Å². The normalized spacial score (nSPS) is 11.4. The van der Waals surface area contributed by atoms with Gasteiger partial charge in [0.05, 0.1) is 5.75 Å². The van der Waals surface area contributed by atoms with Gasteiger partial charge in [-0.05, 0) is 25.0 Å². The van der Waals surface area contributed by atoms with Gasteiger partial charge in [-0.3, -0.25) is 0 Å². The fourth-order valence-corrected chi connectivity index (χ4v) is 2.83. The number of nitrogens with one attached hydrogen (secondary N) is 1. The van der Waals surface area contributed by atoms with E-state index < -0.39 is 10.0 Å². The predicted octanol–water partition coefficient (Wildman–Crippen LogP) is 1.84. The molecule has 0 aliphatic heterocycles. The molecule has 0 aliphatic rings. The molecule has 5 heteroatoms. The van der Waals surface area contributed by atoms with Gasteiger partial charge in [0.1, 0.15) is 0 Å². The number of hydrogen-bond acceptors (Lipinski definition) is 3. The van der Waals surface area contributed by atoms with Gasteiger partial charge in [-0.25, -0.2) is 13.1 Å². The molecule has 0 spiro atoms. The number of anilines is 1. The Morgan fingerprint density at radius 3 is 2.50 bits per heavy atom. The molecule has 1 rings (SSSR count). The van der Waals surface area contributed by atoms with Gasteiger partial charge >= 0.3 is 0 Å². The first-order valence-corrected chi connectivity index (χ1v) is 7.94. The predicted molar refractivity (Wildman–Crippen MR) is 76.4 cm³/mol. The third-order valence-electron chi connectivity index (χ3n) is 2.66. The van der Waals surface area contributed by atoms with Crippen molar-refractivity contribution in [1.29, 1.82) is 0 Å². The highest BCUT2D eigenvalue weighted by Gasteiger charge is 2.07. The molecule has 0 radical (unpaired) electrons. The summed E-state index contributed by atoms with van der Waals surface area (Å²) >= 11 is 0. The summed E-state index contributed by atoms with van der Waals surface area (Å²) in [6.45, 7) is 3.20. The van der Waals surface area contributed by atoms with Crippen LogP contribution in [0.5, 0.6) is 0 Å². The fourth-order valence-electron chi connectivity index (χ4n) is 1.70. The smallest absolute Gasteiger partial charge is 0.211 e. The summed E-state index contributed by atoms with van der Waals surface area (Å²) in [5, 5.41) is 0. The molecule has 0 heterocycles. The van der Waals surface area contributed by atoms with Gasteiger partial charge in [0.2, 0.25) is 10.0 Å². The molecule has 1 aromatic carbocycles. The Hall–Kier alpha value is -1.07. The van der Waals surface area contributed by atoms with Crippen molar-refractivity contribution in [3.63, 3.8) is 0 Å². The summed E-state index contributed by atoms with van der Waals surface area (Å²) in [4.78, 5) is 2.12. The molecule has 18 heavy (non-hydrogen) atoms. The monoisotopic (exact) mass is 270 g/mol. The molecule has 0 bridgehead atoms. The van der Waals surface area contributed by atoms with Gasteiger partial charge in [-0.15, -0.1) is 0 Å². The second-order valence-electron chi connectivity index (χ2n) is 4.32. The van der Waals surface area contributed by atoms with Crippen LogP contribution >= 0.6 is 0 Å². The second-order valence-corrected chi connectivity index (χ2v) is 6.25. The maximum absolute atomic E-state index is 11.4. The van der Waals surface area contributed by atoms with Crippen LogP contribution in [0.15, 0.2) is 30.3 Å². The molecule has 1 aromatic rings. The first-order chi connectivity index (χ1) is 8.55. The van der Waals surface area contributed by atoms with E-state index in [2.05, 4.69) is 9.62 Å². The molecule has 0 saturated carbocycles. The third kappa shape index (κ3) is 5.51. The molecule has 102 valence electrons. The zero-order chi connectivity index (χ0) is 13.4. The van der Waals surface area contributed by atoms with E-state index in [-0.39, 0.29) is 5.75 Å². The van der Waals surface area contributed by atoms with E-state index in [4.69, 9.17) is 0 Å². The molecule has 0 atom stereocenters. The van der Waals surface area contributed by atoms with Gasteiger partial charge in [-0.1, -0.05) is 25.1 Å². The Morgan fingerprint density at radius 1 is 1.22 bits per heavy atom. The van der Waals surface area contributed by atoms with E-state index in [0.29, 0.717) is 13.0 Å². The molecule has 0 unspecified atom stereocenters. The first kappa shape index (κ1) is 15.0. The van der Waals surface area contributed by atoms with Crippen molar-refractivity contribution >= 4 is 15.7 Å². The zero-order valence-electron chi connectivity index (χ0n) is 11.1. The minimum Gasteiger partial charge on any atom is -0.375 e. The molecule has 0 aliphatic carbocycles. The Labute approximate surface area is 110 Å². The fraction of sp³-hybridized carbons (Fsp3) is 0.538. The van der Waals surface area contributed by atoms with Gasteiger partial charge in [0, 0.05) is 25.8 Å². The minimum atomic E-state index is -3.06. The summed E-state index contributed by atoms with van der Waals surface area (Å²) in [6.07, 6.45) is 1.45. The van der Waals surface area contributed by atoms with E-state index in [9.17, 15) is 8.42 Å². The number of para-hydroxylation sites is 1. The minimum absolute atomic E-state index is 0.210. The quantitative estimate of drug-likeness (QED) is 0.733. The van der Waals surface area contributed by atoms with Crippen molar-refractivity contribution in [2.45, 2.75) is 19.8 Å². The van der Waals surface area contributed by atoms with Crippen LogP contribution in [0.1, 0.15) is 19.8 Å². The van der Waals surface area contributed by atoms with E-state index in [1.165, 1.54) is 0 Å². The number of rotatable bonds is 8. The Morgan fingerprint density at radius 2 is 1.89 bits per heavy atom. The number of benzene rings is 1. The van der Waals surface area contributed by atoms with Gasteiger partial charge in [0.25, 0.3) is 0 Å². The van der Waals surface area contributed by atoms with Crippen LogP contribution in [-0.4, -0.2) is 34.3 Å². The molecule has 4 nitrogen and oxygen atoms in total.